The molecular formula is C21H18Cl3NO. The van der Waals surface area contributed by atoms with Crippen LogP contribution >= 0.6 is 34.8 Å². The van der Waals surface area contributed by atoms with Crippen molar-refractivity contribution in [3.05, 3.63) is 98.5 Å². The van der Waals surface area contributed by atoms with Crippen molar-refractivity contribution >= 4 is 34.8 Å². The summed E-state index contributed by atoms with van der Waals surface area (Å²) in [4.78, 5) is 0. The highest BCUT2D eigenvalue weighted by Gasteiger charge is 2.07. The van der Waals surface area contributed by atoms with Gasteiger partial charge in [0.15, 0.2) is 0 Å². The lowest BCUT2D eigenvalue weighted by Crippen LogP contribution is -2.13. The van der Waals surface area contributed by atoms with E-state index in [-0.39, 0.29) is 0 Å². The predicted molar refractivity (Wildman–Crippen MR) is 109 cm³/mol. The van der Waals surface area contributed by atoms with Gasteiger partial charge in [0.25, 0.3) is 0 Å². The summed E-state index contributed by atoms with van der Waals surface area (Å²) in [7, 11) is 0. The number of ether oxygens (including phenoxy) is 1. The normalized spacial score (nSPS) is 10.7. The minimum Gasteiger partial charge on any atom is -0.489 e. The molecule has 3 aromatic carbocycles. The smallest absolute Gasteiger partial charge is 0.120 e. The molecule has 0 radical (unpaired) electrons. The number of hydrogen-bond donors (Lipinski definition) is 1. The molecule has 0 saturated carbocycles. The van der Waals surface area contributed by atoms with Gasteiger partial charge in [-0.3, -0.25) is 0 Å². The van der Waals surface area contributed by atoms with Crippen molar-refractivity contribution < 1.29 is 4.74 Å². The third-order valence-electron chi connectivity index (χ3n) is 3.95. The van der Waals surface area contributed by atoms with E-state index in [1.54, 1.807) is 12.1 Å². The summed E-state index contributed by atoms with van der Waals surface area (Å²) in [5, 5.41) is 5.38. The molecule has 0 unspecified atom stereocenters. The Balaban J connectivity index is 1.57. The SMILES string of the molecule is Clc1ccccc1CNCc1cccc(OCc2c(Cl)cccc2Cl)c1. The molecule has 0 spiro atoms. The number of hydrogen-bond acceptors (Lipinski definition) is 2. The molecule has 0 aliphatic carbocycles. The van der Waals surface area contributed by atoms with Gasteiger partial charge in [-0.25, -0.2) is 0 Å². The van der Waals surface area contributed by atoms with Crippen molar-refractivity contribution in [2.45, 2.75) is 19.7 Å². The lowest BCUT2D eigenvalue weighted by Gasteiger charge is -2.11. The van der Waals surface area contributed by atoms with Crippen LogP contribution in [0.1, 0.15) is 16.7 Å². The summed E-state index contributed by atoms with van der Waals surface area (Å²) < 4.78 is 5.86. The van der Waals surface area contributed by atoms with Crippen molar-refractivity contribution in [1.29, 1.82) is 0 Å². The standard InChI is InChI=1S/C21H18Cl3NO/c22-19-8-2-1-6-16(19)13-25-12-15-5-3-7-17(11-15)26-14-18-20(23)9-4-10-21(18)24/h1-11,25H,12-14H2. The molecule has 5 heteroatoms. The maximum Gasteiger partial charge on any atom is 0.120 e. The highest BCUT2D eigenvalue weighted by molar-refractivity contribution is 6.36. The van der Waals surface area contributed by atoms with E-state index in [9.17, 15) is 0 Å². The van der Waals surface area contributed by atoms with Gasteiger partial charge in [0, 0.05) is 33.7 Å². The Bertz CT molecular complexity index is 862. The third-order valence-corrected chi connectivity index (χ3v) is 5.02. The Labute approximate surface area is 168 Å². The summed E-state index contributed by atoms with van der Waals surface area (Å²) >= 11 is 18.5. The highest BCUT2D eigenvalue weighted by Crippen LogP contribution is 2.26. The average molecular weight is 407 g/mol. The quantitative estimate of drug-likeness (QED) is 0.482. The second-order valence-corrected chi connectivity index (χ2v) is 7.05. The monoisotopic (exact) mass is 405 g/mol. The summed E-state index contributed by atoms with van der Waals surface area (Å²) in [5.41, 5.74) is 2.99. The molecule has 2 nitrogen and oxygen atoms in total. The topological polar surface area (TPSA) is 21.3 Å². The number of benzene rings is 3. The van der Waals surface area contributed by atoms with E-state index in [0.717, 1.165) is 34.0 Å². The van der Waals surface area contributed by atoms with Crippen molar-refractivity contribution in [3.63, 3.8) is 0 Å². The highest BCUT2D eigenvalue weighted by atomic mass is 35.5. The number of rotatable bonds is 7. The first-order valence-corrected chi connectivity index (χ1v) is 9.35. The fraction of sp³-hybridized carbons (Fsp3) is 0.143. The van der Waals surface area contributed by atoms with Crippen molar-refractivity contribution in [3.8, 4) is 5.75 Å². The van der Waals surface area contributed by atoms with Crippen molar-refractivity contribution in [1.82, 2.24) is 5.32 Å². The molecule has 0 heterocycles. The molecule has 0 amide bonds. The third kappa shape index (κ3) is 5.15. The zero-order chi connectivity index (χ0) is 18.4. The molecule has 134 valence electrons. The average Bonchev–Trinajstić information content (AvgIpc) is 2.63. The molecule has 0 aliphatic heterocycles. The van der Waals surface area contributed by atoms with Crippen LogP contribution in [0.25, 0.3) is 0 Å². The Morgan fingerprint density at radius 2 is 1.42 bits per heavy atom. The summed E-state index contributed by atoms with van der Waals surface area (Å²) in [6.45, 7) is 1.75. The molecule has 1 N–H and O–H groups in total. The van der Waals surface area contributed by atoms with Crippen molar-refractivity contribution in [2.75, 3.05) is 0 Å². The van der Waals surface area contributed by atoms with Crippen LogP contribution in [-0.4, -0.2) is 0 Å². The zero-order valence-corrected chi connectivity index (χ0v) is 16.3. The van der Waals surface area contributed by atoms with Gasteiger partial charge in [-0.15, -0.1) is 0 Å². The molecule has 0 aromatic heterocycles. The molecule has 0 aliphatic rings. The van der Waals surface area contributed by atoms with Gasteiger partial charge in [-0.1, -0.05) is 71.2 Å². The van der Waals surface area contributed by atoms with Crippen LogP contribution in [0.15, 0.2) is 66.7 Å². The molecule has 3 aromatic rings. The van der Waals surface area contributed by atoms with Crippen LogP contribution in [0.4, 0.5) is 0 Å². The minimum absolute atomic E-state index is 0.328. The molecule has 26 heavy (non-hydrogen) atoms. The van der Waals surface area contributed by atoms with E-state index in [1.807, 2.05) is 48.5 Å². The maximum absolute atomic E-state index is 6.18. The Morgan fingerprint density at radius 1 is 0.731 bits per heavy atom. The van der Waals surface area contributed by atoms with E-state index < -0.39 is 0 Å². The van der Waals surface area contributed by atoms with Gasteiger partial charge in [0.05, 0.1) is 0 Å². The van der Waals surface area contributed by atoms with Gasteiger partial charge >= 0.3 is 0 Å². The molecule has 0 bridgehead atoms. The first-order valence-electron chi connectivity index (χ1n) is 8.22. The van der Waals surface area contributed by atoms with E-state index in [0.29, 0.717) is 23.2 Å². The first kappa shape index (κ1) is 19.1. The van der Waals surface area contributed by atoms with Gasteiger partial charge in [0.2, 0.25) is 0 Å². The molecular weight excluding hydrogens is 389 g/mol. The summed E-state index contributed by atoms with van der Waals surface area (Å²) in [6.07, 6.45) is 0. The van der Waals surface area contributed by atoms with Crippen LogP contribution in [0.2, 0.25) is 15.1 Å². The maximum atomic E-state index is 6.18. The number of nitrogens with one attached hydrogen (secondary N) is 1. The lowest BCUT2D eigenvalue weighted by molar-refractivity contribution is 0.306. The first-order chi connectivity index (χ1) is 12.6. The van der Waals surface area contributed by atoms with E-state index in [2.05, 4.69) is 11.4 Å². The lowest BCUT2D eigenvalue weighted by atomic mass is 10.2. The van der Waals surface area contributed by atoms with Crippen LogP contribution < -0.4 is 10.1 Å². The van der Waals surface area contributed by atoms with Gasteiger partial charge < -0.3 is 10.1 Å². The molecule has 0 atom stereocenters. The minimum atomic E-state index is 0.328. The summed E-state index contributed by atoms with van der Waals surface area (Å²) in [6, 6.07) is 21.2. The Kier molecular flexibility index (Phi) is 6.81. The number of halogens is 3. The second-order valence-electron chi connectivity index (χ2n) is 5.83. The van der Waals surface area contributed by atoms with Crippen molar-refractivity contribution in [2.24, 2.45) is 0 Å². The molecule has 0 saturated heterocycles. The van der Waals surface area contributed by atoms with Crippen LogP contribution in [0.5, 0.6) is 5.75 Å². The van der Waals surface area contributed by atoms with E-state index in [1.165, 1.54) is 0 Å². The van der Waals surface area contributed by atoms with Gasteiger partial charge in [-0.05, 0) is 41.5 Å². The zero-order valence-electron chi connectivity index (χ0n) is 14.0. The van der Waals surface area contributed by atoms with Crippen LogP contribution in [0.3, 0.4) is 0 Å². The fourth-order valence-electron chi connectivity index (χ4n) is 2.55. The molecule has 3 rings (SSSR count). The predicted octanol–water partition coefficient (Wildman–Crippen LogP) is 6.52. The van der Waals surface area contributed by atoms with Crippen LogP contribution in [-0.2, 0) is 19.7 Å². The summed E-state index contributed by atoms with van der Waals surface area (Å²) in [5.74, 6) is 0.776. The second kappa shape index (κ2) is 9.29. The van der Waals surface area contributed by atoms with E-state index >= 15 is 0 Å². The van der Waals surface area contributed by atoms with E-state index in [4.69, 9.17) is 39.5 Å². The Morgan fingerprint density at radius 3 is 2.19 bits per heavy atom. The largest absolute Gasteiger partial charge is 0.489 e. The van der Waals surface area contributed by atoms with Gasteiger partial charge in [-0.2, -0.15) is 0 Å². The fourth-order valence-corrected chi connectivity index (χ4v) is 3.26. The van der Waals surface area contributed by atoms with Gasteiger partial charge in [0.1, 0.15) is 12.4 Å². The van der Waals surface area contributed by atoms with Crippen LogP contribution in [0, 0.1) is 0 Å². The Hall–Kier alpha value is -1.71. The molecule has 0 fully saturated rings.